The molecule has 9 heteroatoms. The largest absolute Gasteiger partial charge is 0.337 e. The third-order valence-electron chi connectivity index (χ3n) is 4.54. The predicted molar refractivity (Wildman–Crippen MR) is 107 cm³/mol. The van der Waals surface area contributed by atoms with Crippen molar-refractivity contribution in [3.05, 3.63) is 93.1 Å². The summed E-state index contributed by atoms with van der Waals surface area (Å²) < 4.78 is 16.9. The van der Waals surface area contributed by atoms with E-state index in [0.29, 0.717) is 21.7 Å². The molecule has 7 nitrogen and oxygen atoms in total. The minimum Gasteiger partial charge on any atom is -0.337 e. The molecule has 0 radical (unpaired) electrons. The summed E-state index contributed by atoms with van der Waals surface area (Å²) >= 11 is 1.21. The maximum Gasteiger partial charge on any atom is 0.270 e. The number of fused-ring (bicyclic) bond motifs is 1. The van der Waals surface area contributed by atoms with E-state index in [0.717, 1.165) is 4.70 Å². The molecule has 1 atom stereocenters. The number of hydrogen-bond donors (Lipinski definition) is 1. The molecular weight excluding hydrogens is 395 g/mol. The van der Waals surface area contributed by atoms with Crippen molar-refractivity contribution in [2.45, 2.75) is 6.04 Å². The van der Waals surface area contributed by atoms with Crippen LogP contribution in [0.1, 0.15) is 27.1 Å². The Hall–Kier alpha value is -3.59. The Kier molecular flexibility index (Phi) is 4.81. The number of benzene rings is 2. The molecular formula is C20H15FN4O3S. The lowest BCUT2D eigenvalue weighted by Gasteiger charge is -2.19. The zero-order chi connectivity index (χ0) is 20.5. The fourth-order valence-corrected chi connectivity index (χ4v) is 4.05. The van der Waals surface area contributed by atoms with Gasteiger partial charge in [-0.1, -0.05) is 18.2 Å². The summed E-state index contributed by atoms with van der Waals surface area (Å²) in [7, 11) is 1.76. The van der Waals surface area contributed by atoms with E-state index < -0.39 is 22.7 Å². The van der Waals surface area contributed by atoms with Crippen molar-refractivity contribution in [1.29, 1.82) is 0 Å². The van der Waals surface area contributed by atoms with Crippen molar-refractivity contribution in [2.75, 3.05) is 0 Å². The second kappa shape index (κ2) is 7.44. The van der Waals surface area contributed by atoms with Gasteiger partial charge in [0.25, 0.3) is 11.6 Å². The molecule has 1 unspecified atom stereocenters. The minimum absolute atomic E-state index is 0.0421. The van der Waals surface area contributed by atoms with Crippen molar-refractivity contribution >= 4 is 33.0 Å². The summed E-state index contributed by atoms with van der Waals surface area (Å²) in [4.78, 5) is 28.1. The standard InChI is InChI=1S/C20H15FN4O3S/c1-24-9-8-22-19(24)18(14-4-2-3-5-15(14)21)23-20(26)17-11-12-10-13(25(27)28)6-7-16(12)29-17/h2-11,18H,1H3,(H,23,26). The molecule has 0 saturated heterocycles. The lowest BCUT2D eigenvalue weighted by atomic mass is 10.1. The van der Waals surface area contributed by atoms with Gasteiger partial charge in [0.2, 0.25) is 0 Å². The molecule has 4 aromatic rings. The van der Waals surface area contributed by atoms with Crippen LogP contribution in [0.3, 0.4) is 0 Å². The van der Waals surface area contributed by atoms with Crippen LogP contribution in [0.25, 0.3) is 10.1 Å². The topological polar surface area (TPSA) is 90.1 Å². The van der Waals surface area contributed by atoms with Gasteiger partial charge in [0.1, 0.15) is 17.7 Å². The molecule has 0 aliphatic carbocycles. The van der Waals surface area contributed by atoms with Gasteiger partial charge in [-0.15, -0.1) is 11.3 Å². The summed E-state index contributed by atoms with van der Waals surface area (Å²) in [5, 5.41) is 14.4. The van der Waals surface area contributed by atoms with E-state index in [1.807, 2.05) is 0 Å². The first kappa shape index (κ1) is 18.8. The number of non-ortho nitro benzene ring substituents is 1. The molecule has 1 amide bonds. The second-order valence-corrected chi connectivity index (χ2v) is 7.50. The molecule has 2 aromatic heterocycles. The van der Waals surface area contributed by atoms with Crippen LogP contribution in [0.15, 0.2) is 60.9 Å². The van der Waals surface area contributed by atoms with E-state index in [-0.39, 0.29) is 5.69 Å². The zero-order valence-electron chi connectivity index (χ0n) is 15.2. The first-order valence-corrected chi connectivity index (χ1v) is 9.46. The van der Waals surface area contributed by atoms with Crippen LogP contribution >= 0.6 is 11.3 Å². The van der Waals surface area contributed by atoms with E-state index in [1.165, 1.54) is 29.5 Å². The van der Waals surface area contributed by atoms with E-state index >= 15 is 0 Å². The van der Waals surface area contributed by atoms with Crippen LogP contribution in [-0.4, -0.2) is 20.4 Å². The monoisotopic (exact) mass is 410 g/mol. The number of imidazole rings is 1. The molecule has 0 bridgehead atoms. The Morgan fingerprint density at radius 3 is 2.76 bits per heavy atom. The number of nitro groups is 1. The summed E-state index contributed by atoms with van der Waals surface area (Å²) in [5.74, 6) is -0.377. The lowest BCUT2D eigenvalue weighted by molar-refractivity contribution is -0.384. The van der Waals surface area contributed by atoms with Gasteiger partial charge in [-0.05, 0) is 18.2 Å². The molecule has 2 aromatic carbocycles. The third kappa shape index (κ3) is 3.59. The molecule has 0 fully saturated rings. The Balaban J connectivity index is 1.70. The van der Waals surface area contributed by atoms with E-state index in [4.69, 9.17) is 0 Å². The van der Waals surface area contributed by atoms with Crippen molar-refractivity contribution in [2.24, 2.45) is 7.05 Å². The highest BCUT2D eigenvalue weighted by Crippen LogP contribution is 2.30. The van der Waals surface area contributed by atoms with Crippen molar-refractivity contribution in [1.82, 2.24) is 14.9 Å². The average Bonchev–Trinajstić information content (AvgIpc) is 3.32. The minimum atomic E-state index is -0.789. The lowest BCUT2D eigenvalue weighted by Crippen LogP contribution is -2.31. The molecule has 0 saturated carbocycles. The summed E-state index contributed by atoms with van der Waals surface area (Å²) in [5.41, 5.74) is 0.256. The van der Waals surface area contributed by atoms with E-state index in [9.17, 15) is 19.3 Å². The Morgan fingerprint density at radius 2 is 2.07 bits per heavy atom. The Bertz CT molecular complexity index is 1230. The van der Waals surface area contributed by atoms with E-state index in [1.54, 1.807) is 54.3 Å². The number of aryl methyl sites for hydroxylation is 1. The summed E-state index contributed by atoms with van der Waals surface area (Å²) in [6, 6.07) is 11.4. The van der Waals surface area contributed by atoms with Gasteiger partial charge in [0.05, 0.1) is 9.80 Å². The van der Waals surface area contributed by atoms with Gasteiger partial charge in [-0.3, -0.25) is 14.9 Å². The molecule has 1 N–H and O–H groups in total. The molecule has 29 heavy (non-hydrogen) atoms. The summed E-state index contributed by atoms with van der Waals surface area (Å²) in [6.45, 7) is 0. The fourth-order valence-electron chi connectivity index (χ4n) is 3.10. The quantitative estimate of drug-likeness (QED) is 0.394. The van der Waals surface area contributed by atoms with Crippen LogP contribution < -0.4 is 5.32 Å². The number of carbonyl (C=O) groups excluding carboxylic acids is 1. The highest BCUT2D eigenvalue weighted by molar-refractivity contribution is 7.20. The maximum absolute atomic E-state index is 14.5. The smallest absolute Gasteiger partial charge is 0.270 e. The highest BCUT2D eigenvalue weighted by atomic mass is 32.1. The molecule has 0 aliphatic heterocycles. The maximum atomic E-state index is 14.5. The number of nitrogens with zero attached hydrogens (tertiary/aromatic N) is 3. The number of halogens is 1. The van der Waals surface area contributed by atoms with Crippen molar-refractivity contribution in [3.8, 4) is 0 Å². The first-order valence-electron chi connectivity index (χ1n) is 8.64. The number of aromatic nitrogens is 2. The van der Waals surface area contributed by atoms with Crippen LogP contribution in [0, 0.1) is 15.9 Å². The second-order valence-electron chi connectivity index (χ2n) is 6.41. The van der Waals surface area contributed by atoms with Crippen molar-refractivity contribution < 1.29 is 14.1 Å². The first-order chi connectivity index (χ1) is 13.9. The van der Waals surface area contributed by atoms with Gasteiger partial charge in [0, 0.05) is 47.2 Å². The molecule has 2 heterocycles. The summed E-state index contributed by atoms with van der Waals surface area (Å²) in [6.07, 6.45) is 3.29. The number of nitro benzene ring substituents is 1. The Labute approximate surface area is 168 Å². The van der Waals surface area contributed by atoms with Gasteiger partial charge in [-0.25, -0.2) is 9.37 Å². The highest BCUT2D eigenvalue weighted by Gasteiger charge is 2.25. The molecule has 0 aliphatic rings. The molecule has 4 rings (SSSR count). The normalized spacial score (nSPS) is 12.1. The van der Waals surface area contributed by atoms with Crippen LogP contribution in [0.2, 0.25) is 0 Å². The number of thiophene rings is 1. The van der Waals surface area contributed by atoms with Crippen LogP contribution in [0.5, 0.6) is 0 Å². The number of rotatable bonds is 5. The van der Waals surface area contributed by atoms with Gasteiger partial charge in [0.15, 0.2) is 0 Å². The molecule has 0 spiro atoms. The Morgan fingerprint density at radius 1 is 1.28 bits per heavy atom. The van der Waals surface area contributed by atoms with Gasteiger partial charge in [-0.2, -0.15) is 0 Å². The van der Waals surface area contributed by atoms with Crippen LogP contribution in [0.4, 0.5) is 10.1 Å². The third-order valence-corrected chi connectivity index (χ3v) is 5.66. The number of amides is 1. The van der Waals surface area contributed by atoms with Gasteiger partial charge >= 0.3 is 0 Å². The number of nitrogens with one attached hydrogen (secondary N) is 1. The fraction of sp³-hybridized carbons (Fsp3) is 0.100. The predicted octanol–water partition coefficient (Wildman–Crippen LogP) is 4.20. The molecule has 146 valence electrons. The zero-order valence-corrected chi connectivity index (χ0v) is 16.0. The average molecular weight is 410 g/mol. The van der Waals surface area contributed by atoms with Gasteiger partial charge < -0.3 is 9.88 Å². The van der Waals surface area contributed by atoms with Crippen LogP contribution in [-0.2, 0) is 7.05 Å². The van der Waals surface area contributed by atoms with Crippen molar-refractivity contribution in [3.63, 3.8) is 0 Å². The SMILES string of the molecule is Cn1ccnc1C(NC(=O)c1cc2cc([N+](=O)[O-])ccc2s1)c1ccccc1F. The van der Waals surface area contributed by atoms with E-state index in [2.05, 4.69) is 10.3 Å². The number of hydrogen-bond acceptors (Lipinski definition) is 5. The number of carbonyl (C=O) groups is 1.